The molecule has 50 valence electrons. The van der Waals surface area contributed by atoms with Crippen LogP contribution in [0, 0.1) is 0 Å². The zero-order chi connectivity index (χ0) is 6.41. The topological polar surface area (TPSA) is 44.5 Å². The van der Waals surface area contributed by atoms with Crippen LogP contribution in [0.4, 0.5) is 0 Å². The van der Waals surface area contributed by atoms with Crippen molar-refractivity contribution in [1.82, 2.24) is 0 Å². The molecule has 3 nitrogen and oxygen atoms in total. The van der Waals surface area contributed by atoms with Crippen molar-refractivity contribution >= 4 is 25.3 Å². The fourth-order valence-corrected chi connectivity index (χ4v) is 1.19. The van der Waals surface area contributed by atoms with Gasteiger partial charge in [0, 0.05) is 14.8 Å². The zero-order valence-corrected chi connectivity index (χ0v) is 6.87. The van der Waals surface area contributed by atoms with Gasteiger partial charge in [-0.15, -0.1) is 0 Å². The van der Waals surface area contributed by atoms with Crippen molar-refractivity contribution in [2.45, 2.75) is 13.0 Å². The Morgan fingerprint density at radius 2 is 2.50 bits per heavy atom. The third kappa shape index (κ3) is 4.86. The Kier molecular flexibility index (Phi) is 6.36. The normalized spacial score (nSPS) is 13.9. The fraction of sp³-hybridized carbons (Fsp3) is 1.00. The molecule has 0 bridgehead atoms. The molecule has 0 fully saturated rings. The maximum atomic E-state index is 4.91. The summed E-state index contributed by atoms with van der Waals surface area (Å²) in [7, 11) is 1.13. The van der Waals surface area contributed by atoms with Gasteiger partial charge in [-0.3, -0.25) is 4.18 Å². The van der Waals surface area contributed by atoms with Gasteiger partial charge in [-0.2, -0.15) is 0 Å². The van der Waals surface area contributed by atoms with E-state index in [4.69, 9.17) is 10.1 Å². The molecule has 2 N–H and O–H groups in total. The summed E-state index contributed by atoms with van der Waals surface area (Å²) in [6, 6.07) is 0. The van der Waals surface area contributed by atoms with Crippen LogP contribution in [0.3, 0.4) is 0 Å². The van der Waals surface area contributed by atoms with E-state index in [0.717, 1.165) is 10.5 Å². The van der Waals surface area contributed by atoms with Crippen molar-refractivity contribution in [2.75, 3.05) is 6.61 Å². The fourth-order valence-electron chi connectivity index (χ4n) is 0.225. The van der Waals surface area contributed by atoms with Crippen LogP contribution in [-0.2, 0) is 9.02 Å². The summed E-state index contributed by atoms with van der Waals surface area (Å²) < 4.78 is 4.91. The smallest absolute Gasteiger partial charge is 0.0957 e. The van der Waals surface area contributed by atoms with Crippen LogP contribution in [0.2, 0.25) is 0 Å². The molecular weight excluding hydrogens is 194 g/mol. The third-order valence-electron chi connectivity index (χ3n) is 0.532. The Hall–Kier alpha value is 0.710. The molecule has 0 radical (unpaired) electrons. The van der Waals surface area contributed by atoms with Crippen molar-refractivity contribution in [3.05, 3.63) is 0 Å². The molecule has 0 heterocycles. The molecule has 0 aliphatic rings. The monoisotopic (exact) mass is 201 g/mol. The van der Waals surface area contributed by atoms with Gasteiger partial charge in [-0.25, -0.2) is 5.90 Å². The second-order valence-corrected chi connectivity index (χ2v) is 2.41. The van der Waals surface area contributed by atoms with E-state index in [-0.39, 0.29) is 6.10 Å². The summed E-state index contributed by atoms with van der Waals surface area (Å²) in [6.45, 7) is 2.28. The molecule has 0 unspecified atom stereocenters. The second kappa shape index (κ2) is 5.84. The minimum atomic E-state index is 0.0318. The summed E-state index contributed by atoms with van der Waals surface area (Å²) in [5.41, 5.74) is 0. The van der Waals surface area contributed by atoms with Crippen molar-refractivity contribution < 1.29 is 9.02 Å². The highest BCUT2D eigenvalue weighted by Gasteiger charge is 1.98. The molecule has 1 atom stereocenters. The third-order valence-corrected chi connectivity index (χ3v) is 1.39. The van der Waals surface area contributed by atoms with E-state index in [1.165, 1.54) is 0 Å². The summed E-state index contributed by atoms with van der Waals surface area (Å²) in [4.78, 5) is 4.30. The molecule has 5 heteroatoms. The highest BCUT2D eigenvalue weighted by Crippen LogP contribution is 2.13. The first kappa shape index (κ1) is 8.71. The van der Waals surface area contributed by atoms with E-state index in [9.17, 15) is 0 Å². The highest BCUT2D eigenvalue weighted by atomic mass is 79.9. The van der Waals surface area contributed by atoms with Gasteiger partial charge in [-0.1, -0.05) is 0 Å². The maximum absolute atomic E-state index is 4.91. The molecule has 0 aromatic carbocycles. The average Bonchev–Trinajstić information content (AvgIpc) is 1.68. The molecule has 0 aromatic rings. The minimum Gasteiger partial charge on any atom is -0.302 e. The first-order valence-corrected chi connectivity index (χ1v) is 4.65. The van der Waals surface area contributed by atoms with Crippen LogP contribution in [0.15, 0.2) is 0 Å². The molecule has 0 spiro atoms. The van der Waals surface area contributed by atoms with Gasteiger partial charge in [0.2, 0.25) is 0 Å². The van der Waals surface area contributed by atoms with Gasteiger partial charge in [0.1, 0.15) is 0 Å². The minimum absolute atomic E-state index is 0.0318. The number of hydrogen-bond acceptors (Lipinski definition) is 4. The van der Waals surface area contributed by atoms with Crippen molar-refractivity contribution in [3.63, 3.8) is 0 Å². The molecular formula is C3H8BrNO2S. The Morgan fingerprint density at radius 3 is 2.88 bits per heavy atom. The second-order valence-electron chi connectivity index (χ2n) is 1.30. The van der Waals surface area contributed by atoms with Gasteiger partial charge in [0.25, 0.3) is 0 Å². The zero-order valence-electron chi connectivity index (χ0n) is 4.46. The molecule has 0 amide bonds. The predicted octanol–water partition coefficient (Wildman–Crippen LogP) is 1.24. The lowest BCUT2D eigenvalue weighted by atomic mass is 10.5. The summed E-state index contributed by atoms with van der Waals surface area (Å²) in [5.74, 6) is 4.76. The van der Waals surface area contributed by atoms with Crippen molar-refractivity contribution in [1.29, 1.82) is 0 Å². The van der Waals surface area contributed by atoms with E-state index in [1.807, 2.05) is 6.92 Å². The SMILES string of the molecule is C[C@H](CON)OSBr. The van der Waals surface area contributed by atoms with E-state index >= 15 is 0 Å². The van der Waals surface area contributed by atoms with E-state index in [1.54, 1.807) is 0 Å². The number of halogens is 1. The van der Waals surface area contributed by atoms with Crippen LogP contribution >= 0.6 is 25.3 Å². The summed E-state index contributed by atoms with van der Waals surface area (Å²) in [5, 5.41) is 0. The standard InChI is InChI=1S/C3H8BrNO2S/c1-3(2-6-5)7-8-4/h3H,2,5H2,1H3/t3-/m1/s1. The van der Waals surface area contributed by atoms with Gasteiger partial charge in [0.15, 0.2) is 0 Å². The van der Waals surface area contributed by atoms with Gasteiger partial charge < -0.3 is 4.84 Å². The number of hydrogen-bond donors (Lipinski definition) is 1. The molecule has 0 aliphatic carbocycles. The maximum Gasteiger partial charge on any atom is 0.0957 e. The lowest BCUT2D eigenvalue weighted by molar-refractivity contribution is 0.0700. The molecule has 0 saturated carbocycles. The summed E-state index contributed by atoms with van der Waals surface area (Å²) >= 11 is 3.02. The number of nitrogens with two attached hydrogens (primary N) is 1. The Bertz CT molecular complexity index is 50.5. The van der Waals surface area contributed by atoms with Crippen LogP contribution in [-0.4, -0.2) is 12.7 Å². The predicted molar refractivity (Wildman–Crippen MR) is 37.2 cm³/mol. The van der Waals surface area contributed by atoms with E-state index in [0.29, 0.717) is 6.61 Å². The first-order chi connectivity index (χ1) is 3.81. The summed E-state index contributed by atoms with van der Waals surface area (Å²) in [6.07, 6.45) is 0.0318. The lowest BCUT2D eigenvalue weighted by Crippen LogP contribution is -2.15. The van der Waals surface area contributed by atoms with Crippen LogP contribution in [0.5, 0.6) is 0 Å². The van der Waals surface area contributed by atoms with Gasteiger partial charge in [0.05, 0.1) is 23.2 Å². The molecule has 0 saturated heterocycles. The Morgan fingerprint density at radius 1 is 1.88 bits per heavy atom. The Balaban J connectivity index is 2.92. The average molecular weight is 202 g/mol. The lowest BCUT2D eigenvalue weighted by Gasteiger charge is -2.05. The van der Waals surface area contributed by atoms with Crippen LogP contribution in [0.1, 0.15) is 6.92 Å². The van der Waals surface area contributed by atoms with E-state index in [2.05, 4.69) is 19.7 Å². The van der Waals surface area contributed by atoms with Gasteiger partial charge in [-0.05, 0) is 6.92 Å². The first-order valence-electron chi connectivity index (χ1n) is 2.07. The van der Waals surface area contributed by atoms with E-state index < -0.39 is 0 Å². The quantitative estimate of drug-likeness (QED) is 0.550. The largest absolute Gasteiger partial charge is 0.302 e. The number of rotatable bonds is 4. The van der Waals surface area contributed by atoms with Crippen LogP contribution < -0.4 is 5.90 Å². The molecule has 0 aliphatic heterocycles. The van der Waals surface area contributed by atoms with Crippen molar-refractivity contribution in [2.24, 2.45) is 5.90 Å². The molecule has 0 rings (SSSR count). The van der Waals surface area contributed by atoms with Crippen molar-refractivity contribution in [3.8, 4) is 0 Å². The Labute approximate surface area is 60.3 Å². The highest BCUT2D eigenvalue weighted by molar-refractivity contribution is 9.49. The molecule has 8 heavy (non-hydrogen) atoms. The molecule has 0 aromatic heterocycles. The van der Waals surface area contributed by atoms with Crippen LogP contribution in [0.25, 0.3) is 0 Å². The van der Waals surface area contributed by atoms with Gasteiger partial charge >= 0.3 is 0 Å².